The Hall–Kier alpha value is -1.38. The summed E-state index contributed by atoms with van der Waals surface area (Å²) in [6.45, 7) is 0.484. The molecule has 2 rings (SSSR count). The summed E-state index contributed by atoms with van der Waals surface area (Å²) in [5.74, 6) is 0.311. The van der Waals surface area contributed by atoms with Gasteiger partial charge in [0, 0.05) is 16.3 Å². The average Bonchev–Trinajstić information content (AvgIpc) is 2.61. The van der Waals surface area contributed by atoms with Gasteiger partial charge in [-0.2, -0.15) is 0 Å². The normalized spacial score (nSPS) is 19.5. The predicted molar refractivity (Wildman–Crippen MR) is 68.9 cm³/mol. The second-order valence-electron chi connectivity index (χ2n) is 3.62. The third kappa shape index (κ3) is 2.65. The third-order valence-corrected chi connectivity index (χ3v) is 3.13. The quantitative estimate of drug-likeness (QED) is 0.784. The Kier molecular flexibility index (Phi) is 3.46. The second kappa shape index (κ2) is 4.86. The number of carboxylic acid groups (broad SMARTS) is 1. The molecule has 1 aromatic heterocycles. The number of halogens is 1. The Morgan fingerprint density at radius 1 is 1.59 bits per heavy atom. The first-order valence-electron chi connectivity index (χ1n) is 5.00. The van der Waals surface area contributed by atoms with E-state index in [1.165, 1.54) is 4.90 Å². The molecule has 7 heteroatoms. The number of anilines is 1. The van der Waals surface area contributed by atoms with Gasteiger partial charge < -0.3 is 10.4 Å². The van der Waals surface area contributed by atoms with Crippen LogP contribution >= 0.6 is 22.6 Å². The minimum Gasteiger partial charge on any atom is -0.465 e. The van der Waals surface area contributed by atoms with Crippen LogP contribution in [-0.2, 0) is 4.79 Å². The number of hydrogen-bond donors (Lipinski definition) is 2. The fourth-order valence-electron chi connectivity index (χ4n) is 1.72. The molecule has 0 saturated carbocycles. The van der Waals surface area contributed by atoms with E-state index in [-0.39, 0.29) is 5.91 Å². The minimum absolute atomic E-state index is 0.249. The van der Waals surface area contributed by atoms with Crippen molar-refractivity contribution in [1.29, 1.82) is 0 Å². The Balaban J connectivity index is 2.12. The van der Waals surface area contributed by atoms with Gasteiger partial charge in [-0.15, -0.1) is 0 Å². The lowest BCUT2D eigenvalue weighted by Gasteiger charge is -2.15. The average molecular weight is 347 g/mol. The smallest absolute Gasteiger partial charge is 0.405 e. The molecule has 0 unspecified atom stereocenters. The molecule has 1 aromatic rings. The molecule has 0 spiro atoms. The van der Waals surface area contributed by atoms with E-state index < -0.39 is 12.1 Å². The van der Waals surface area contributed by atoms with Crippen LogP contribution in [0.25, 0.3) is 0 Å². The maximum Gasteiger partial charge on any atom is 0.405 e. The fourth-order valence-corrected chi connectivity index (χ4v) is 2.04. The molecule has 90 valence electrons. The molecule has 0 aromatic carbocycles. The van der Waals surface area contributed by atoms with E-state index in [2.05, 4.69) is 32.9 Å². The number of hydrogen-bond acceptors (Lipinski definition) is 3. The van der Waals surface area contributed by atoms with Crippen LogP contribution in [0.5, 0.6) is 0 Å². The summed E-state index contributed by atoms with van der Waals surface area (Å²) in [6.07, 6.45) is 0.959. The van der Waals surface area contributed by atoms with E-state index in [4.69, 9.17) is 5.11 Å². The fraction of sp³-hybridized carbons (Fsp3) is 0.300. The van der Waals surface area contributed by atoms with Crippen LogP contribution in [0.2, 0.25) is 0 Å². The van der Waals surface area contributed by atoms with Crippen molar-refractivity contribution in [2.24, 2.45) is 0 Å². The standard InChI is InChI=1S/C10H10IN3O3/c11-6-1-2-8(12-5-6)14-4-3-7(9(14)15)13-10(16)17/h1-2,5,7,13H,3-4H2,(H,16,17)/t7-/m0/s1. The highest BCUT2D eigenvalue weighted by atomic mass is 127. The SMILES string of the molecule is O=C(O)N[C@H]1CCN(c2ccc(I)cn2)C1=O. The molecule has 1 aliphatic rings. The molecule has 17 heavy (non-hydrogen) atoms. The third-order valence-electron chi connectivity index (χ3n) is 2.49. The predicted octanol–water partition coefficient (Wildman–Crippen LogP) is 1.06. The Bertz CT molecular complexity index is 449. The van der Waals surface area contributed by atoms with Crippen molar-refractivity contribution in [1.82, 2.24) is 10.3 Å². The number of aromatic nitrogens is 1. The van der Waals surface area contributed by atoms with Crippen LogP contribution < -0.4 is 10.2 Å². The molecule has 2 amide bonds. The number of pyridine rings is 1. The highest BCUT2D eigenvalue weighted by Gasteiger charge is 2.34. The molecule has 1 fully saturated rings. The number of carbonyl (C=O) groups excluding carboxylic acids is 1. The highest BCUT2D eigenvalue weighted by Crippen LogP contribution is 2.19. The number of nitrogens with zero attached hydrogens (tertiary/aromatic N) is 2. The van der Waals surface area contributed by atoms with Crippen molar-refractivity contribution in [3.8, 4) is 0 Å². The van der Waals surface area contributed by atoms with Crippen molar-refractivity contribution in [3.63, 3.8) is 0 Å². The summed E-state index contributed by atoms with van der Waals surface area (Å²) in [7, 11) is 0. The first kappa shape index (κ1) is 12.1. The lowest BCUT2D eigenvalue weighted by molar-refractivity contribution is -0.118. The van der Waals surface area contributed by atoms with Crippen LogP contribution in [-0.4, -0.2) is 34.7 Å². The maximum absolute atomic E-state index is 11.9. The van der Waals surface area contributed by atoms with Gasteiger partial charge in [0.25, 0.3) is 5.91 Å². The van der Waals surface area contributed by atoms with Crippen molar-refractivity contribution >= 4 is 40.4 Å². The van der Waals surface area contributed by atoms with Crippen molar-refractivity contribution in [2.75, 3.05) is 11.4 Å². The van der Waals surface area contributed by atoms with Gasteiger partial charge >= 0.3 is 6.09 Å². The zero-order chi connectivity index (χ0) is 12.4. The number of amides is 2. The lowest BCUT2D eigenvalue weighted by atomic mass is 10.2. The molecule has 1 atom stereocenters. The van der Waals surface area contributed by atoms with Crippen LogP contribution in [0.3, 0.4) is 0 Å². The largest absolute Gasteiger partial charge is 0.465 e. The molecular formula is C10H10IN3O3. The topological polar surface area (TPSA) is 82.5 Å². The van der Waals surface area contributed by atoms with Gasteiger partial charge in [0.2, 0.25) is 0 Å². The summed E-state index contributed by atoms with van der Waals surface area (Å²) in [5.41, 5.74) is 0. The molecule has 6 nitrogen and oxygen atoms in total. The van der Waals surface area contributed by atoms with Gasteiger partial charge in [-0.3, -0.25) is 9.69 Å². The molecule has 0 bridgehead atoms. The van der Waals surface area contributed by atoms with Crippen molar-refractivity contribution in [3.05, 3.63) is 21.9 Å². The summed E-state index contributed by atoms with van der Waals surface area (Å²) in [5, 5.41) is 10.8. The molecular weight excluding hydrogens is 337 g/mol. The summed E-state index contributed by atoms with van der Waals surface area (Å²) < 4.78 is 0.984. The monoisotopic (exact) mass is 347 g/mol. The Morgan fingerprint density at radius 2 is 2.35 bits per heavy atom. The molecule has 2 heterocycles. The van der Waals surface area contributed by atoms with Gasteiger partial charge in [-0.25, -0.2) is 9.78 Å². The van der Waals surface area contributed by atoms with Gasteiger partial charge in [0.1, 0.15) is 11.9 Å². The zero-order valence-electron chi connectivity index (χ0n) is 8.76. The molecule has 2 N–H and O–H groups in total. The van der Waals surface area contributed by atoms with E-state index >= 15 is 0 Å². The Morgan fingerprint density at radius 3 is 2.94 bits per heavy atom. The second-order valence-corrected chi connectivity index (χ2v) is 4.86. The summed E-state index contributed by atoms with van der Waals surface area (Å²) in [4.78, 5) is 28.0. The van der Waals surface area contributed by atoms with Crippen LogP contribution in [0.4, 0.5) is 10.6 Å². The minimum atomic E-state index is -1.18. The first-order chi connectivity index (χ1) is 8.08. The zero-order valence-corrected chi connectivity index (χ0v) is 10.9. The number of rotatable bonds is 2. The first-order valence-corrected chi connectivity index (χ1v) is 6.08. The van der Waals surface area contributed by atoms with E-state index in [0.717, 1.165) is 3.57 Å². The van der Waals surface area contributed by atoms with Gasteiger partial charge in [0.05, 0.1) is 0 Å². The van der Waals surface area contributed by atoms with Crippen LogP contribution in [0.1, 0.15) is 6.42 Å². The summed E-state index contributed by atoms with van der Waals surface area (Å²) >= 11 is 2.13. The van der Waals surface area contributed by atoms with Gasteiger partial charge in [-0.1, -0.05) is 0 Å². The van der Waals surface area contributed by atoms with Crippen molar-refractivity contribution in [2.45, 2.75) is 12.5 Å². The van der Waals surface area contributed by atoms with E-state index in [1.54, 1.807) is 12.3 Å². The lowest BCUT2D eigenvalue weighted by Crippen LogP contribution is -2.41. The van der Waals surface area contributed by atoms with E-state index in [9.17, 15) is 9.59 Å². The summed E-state index contributed by atoms with van der Waals surface area (Å²) in [6, 6.07) is 2.95. The van der Waals surface area contributed by atoms with Gasteiger partial charge in [-0.05, 0) is 41.1 Å². The molecule has 0 radical (unpaired) electrons. The highest BCUT2D eigenvalue weighted by molar-refractivity contribution is 14.1. The number of carbonyl (C=O) groups is 2. The van der Waals surface area contributed by atoms with Gasteiger partial charge in [0.15, 0.2) is 0 Å². The number of nitrogens with one attached hydrogen (secondary N) is 1. The van der Waals surface area contributed by atoms with Crippen LogP contribution in [0.15, 0.2) is 18.3 Å². The molecule has 0 aliphatic carbocycles. The Labute approximate surface area is 111 Å². The van der Waals surface area contributed by atoms with Crippen molar-refractivity contribution < 1.29 is 14.7 Å². The van der Waals surface area contributed by atoms with E-state index in [1.807, 2.05) is 6.07 Å². The molecule has 1 aliphatic heterocycles. The van der Waals surface area contributed by atoms with Crippen LogP contribution in [0, 0.1) is 3.57 Å². The molecule has 1 saturated heterocycles. The van der Waals surface area contributed by atoms with E-state index in [0.29, 0.717) is 18.8 Å². The maximum atomic E-state index is 11.9.